The summed E-state index contributed by atoms with van der Waals surface area (Å²) in [7, 11) is 0. The molecule has 20 heavy (non-hydrogen) atoms. The summed E-state index contributed by atoms with van der Waals surface area (Å²) in [5.74, 6) is 1.60. The molecule has 108 valence electrons. The monoisotopic (exact) mass is 274 g/mol. The van der Waals surface area contributed by atoms with Crippen LogP contribution >= 0.6 is 0 Å². The zero-order chi connectivity index (χ0) is 14.2. The van der Waals surface area contributed by atoms with Crippen LogP contribution in [-0.4, -0.2) is 11.7 Å². The Bertz CT molecular complexity index is 505. The number of benzene rings is 1. The number of nitrogens with one attached hydrogen (secondary N) is 1. The van der Waals surface area contributed by atoms with Crippen LogP contribution in [0.5, 0.6) is 5.75 Å². The van der Waals surface area contributed by atoms with E-state index in [1.807, 2.05) is 18.2 Å². The standard InChI is InChI=1S/C16H22N2O2/c1-3-9-17-11-14-10-16(20-18-14)12-19-15-7-5-13(4-2)6-8-15/h5-8,10,17H,3-4,9,11-12H2,1-2H3. The van der Waals surface area contributed by atoms with Crippen LogP contribution in [0.1, 0.15) is 37.3 Å². The quantitative estimate of drug-likeness (QED) is 0.750. The molecule has 0 aliphatic rings. The van der Waals surface area contributed by atoms with E-state index in [-0.39, 0.29) is 0 Å². The molecule has 0 spiro atoms. The second-order valence-corrected chi connectivity index (χ2v) is 4.75. The molecule has 0 saturated heterocycles. The topological polar surface area (TPSA) is 47.3 Å². The van der Waals surface area contributed by atoms with Crippen LogP contribution < -0.4 is 10.1 Å². The van der Waals surface area contributed by atoms with E-state index in [1.165, 1.54) is 5.56 Å². The maximum Gasteiger partial charge on any atom is 0.174 e. The second kappa shape index (κ2) is 7.70. The average Bonchev–Trinajstić information content (AvgIpc) is 2.94. The number of ether oxygens (including phenoxy) is 1. The number of hydrogen-bond acceptors (Lipinski definition) is 4. The maximum atomic E-state index is 5.68. The molecule has 1 aromatic carbocycles. The van der Waals surface area contributed by atoms with E-state index in [2.05, 4.69) is 36.5 Å². The number of rotatable bonds is 8. The number of aryl methyl sites for hydroxylation is 1. The highest BCUT2D eigenvalue weighted by molar-refractivity contribution is 5.27. The summed E-state index contributed by atoms with van der Waals surface area (Å²) < 4.78 is 10.9. The van der Waals surface area contributed by atoms with E-state index in [9.17, 15) is 0 Å². The molecule has 1 heterocycles. The lowest BCUT2D eigenvalue weighted by Gasteiger charge is -2.04. The zero-order valence-corrected chi connectivity index (χ0v) is 12.2. The first-order valence-electron chi connectivity index (χ1n) is 7.18. The second-order valence-electron chi connectivity index (χ2n) is 4.75. The van der Waals surface area contributed by atoms with E-state index in [1.54, 1.807) is 0 Å². The fraction of sp³-hybridized carbons (Fsp3) is 0.438. The molecule has 0 bridgehead atoms. The predicted molar refractivity (Wildman–Crippen MR) is 78.7 cm³/mol. The van der Waals surface area contributed by atoms with Crippen molar-refractivity contribution in [3.63, 3.8) is 0 Å². The highest BCUT2D eigenvalue weighted by atomic mass is 16.5. The Hall–Kier alpha value is -1.81. The molecule has 0 aliphatic carbocycles. The van der Waals surface area contributed by atoms with Gasteiger partial charge in [-0.3, -0.25) is 0 Å². The van der Waals surface area contributed by atoms with Crippen molar-refractivity contribution in [3.8, 4) is 5.75 Å². The lowest BCUT2D eigenvalue weighted by Crippen LogP contribution is -2.13. The highest BCUT2D eigenvalue weighted by Crippen LogP contribution is 2.15. The van der Waals surface area contributed by atoms with Gasteiger partial charge in [-0.2, -0.15) is 0 Å². The molecule has 0 amide bonds. The summed E-state index contributed by atoms with van der Waals surface area (Å²) in [5, 5.41) is 7.30. The van der Waals surface area contributed by atoms with Crippen molar-refractivity contribution in [3.05, 3.63) is 47.3 Å². The van der Waals surface area contributed by atoms with Gasteiger partial charge in [-0.25, -0.2) is 0 Å². The summed E-state index contributed by atoms with van der Waals surface area (Å²) in [6.45, 7) is 6.41. The van der Waals surface area contributed by atoms with Crippen molar-refractivity contribution in [2.75, 3.05) is 6.54 Å². The Kier molecular flexibility index (Phi) is 5.62. The highest BCUT2D eigenvalue weighted by Gasteiger charge is 2.04. The third kappa shape index (κ3) is 4.38. The Morgan fingerprint density at radius 3 is 2.70 bits per heavy atom. The van der Waals surface area contributed by atoms with Gasteiger partial charge in [0, 0.05) is 12.6 Å². The van der Waals surface area contributed by atoms with Crippen molar-refractivity contribution >= 4 is 0 Å². The zero-order valence-electron chi connectivity index (χ0n) is 12.2. The van der Waals surface area contributed by atoms with Crippen molar-refractivity contribution in [1.29, 1.82) is 0 Å². The van der Waals surface area contributed by atoms with Gasteiger partial charge in [0.2, 0.25) is 0 Å². The van der Waals surface area contributed by atoms with Crippen molar-refractivity contribution in [2.45, 2.75) is 39.8 Å². The van der Waals surface area contributed by atoms with Gasteiger partial charge in [0.1, 0.15) is 12.4 Å². The summed E-state index contributed by atoms with van der Waals surface area (Å²) >= 11 is 0. The first-order chi connectivity index (χ1) is 9.81. The fourth-order valence-electron chi connectivity index (χ4n) is 1.88. The smallest absolute Gasteiger partial charge is 0.174 e. The third-order valence-electron chi connectivity index (χ3n) is 3.05. The van der Waals surface area contributed by atoms with E-state index in [0.29, 0.717) is 6.61 Å². The number of aromatic nitrogens is 1. The Morgan fingerprint density at radius 2 is 2.00 bits per heavy atom. The molecule has 0 aliphatic heterocycles. The van der Waals surface area contributed by atoms with Crippen LogP contribution in [0.4, 0.5) is 0 Å². The molecule has 4 nitrogen and oxygen atoms in total. The van der Waals surface area contributed by atoms with Crippen molar-refractivity contribution < 1.29 is 9.26 Å². The van der Waals surface area contributed by atoms with Crippen LogP contribution in [0.2, 0.25) is 0 Å². The van der Waals surface area contributed by atoms with Gasteiger partial charge in [-0.15, -0.1) is 0 Å². The van der Waals surface area contributed by atoms with Crippen molar-refractivity contribution in [1.82, 2.24) is 10.5 Å². The Labute approximate surface area is 120 Å². The van der Waals surface area contributed by atoms with Gasteiger partial charge < -0.3 is 14.6 Å². The largest absolute Gasteiger partial charge is 0.486 e. The molecule has 0 atom stereocenters. The summed E-state index contributed by atoms with van der Waals surface area (Å²) in [6.07, 6.45) is 2.15. The van der Waals surface area contributed by atoms with E-state index < -0.39 is 0 Å². The maximum absolute atomic E-state index is 5.68. The van der Waals surface area contributed by atoms with Crippen LogP contribution in [0, 0.1) is 0 Å². The average molecular weight is 274 g/mol. The lowest BCUT2D eigenvalue weighted by molar-refractivity contribution is 0.248. The minimum Gasteiger partial charge on any atom is -0.486 e. The predicted octanol–water partition coefficient (Wildman–Crippen LogP) is 3.32. The van der Waals surface area contributed by atoms with Crippen LogP contribution in [0.25, 0.3) is 0 Å². The summed E-state index contributed by atoms with van der Waals surface area (Å²) in [5.41, 5.74) is 2.22. The van der Waals surface area contributed by atoms with Crippen molar-refractivity contribution in [2.24, 2.45) is 0 Å². The van der Waals surface area contributed by atoms with Crippen LogP contribution in [0.3, 0.4) is 0 Å². The van der Waals surface area contributed by atoms with Gasteiger partial charge in [0.15, 0.2) is 5.76 Å². The number of nitrogens with zero attached hydrogens (tertiary/aromatic N) is 1. The molecular weight excluding hydrogens is 252 g/mol. The molecule has 0 fully saturated rings. The molecule has 0 unspecified atom stereocenters. The van der Waals surface area contributed by atoms with E-state index in [4.69, 9.17) is 9.26 Å². The van der Waals surface area contributed by atoms with E-state index in [0.717, 1.165) is 43.1 Å². The fourth-order valence-corrected chi connectivity index (χ4v) is 1.88. The van der Waals surface area contributed by atoms with Gasteiger partial charge in [0.25, 0.3) is 0 Å². The Balaban J connectivity index is 1.81. The van der Waals surface area contributed by atoms with Gasteiger partial charge in [0.05, 0.1) is 5.69 Å². The molecule has 0 saturated carbocycles. The minimum absolute atomic E-state index is 0.409. The molecule has 1 N–H and O–H groups in total. The Morgan fingerprint density at radius 1 is 1.20 bits per heavy atom. The molecule has 0 radical (unpaired) electrons. The molecular formula is C16H22N2O2. The van der Waals surface area contributed by atoms with E-state index >= 15 is 0 Å². The van der Waals surface area contributed by atoms with Crippen LogP contribution in [-0.2, 0) is 19.6 Å². The van der Waals surface area contributed by atoms with Gasteiger partial charge >= 0.3 is 0 Å². The normalized spacial score (nSPS) is 10.7. The van der Waals surface area contributed by atoms with Crippen LogP contribution in [0.15, 0.2) is 34.9 Å². The van der Waals surface area contributed by atoms with Gasteiger partial charge in [-0.05, 0) is 37.1 Å². The summed E-state index contributed by atoms with van der Waals surface area (Å²) in [6, 6.07) is 10.1. The first kappa shape index (κ1) is 14.6. The lowest BCUT2D eigenvalue weighted by atomic mass is 10.2. The SMILES string of the molecule is CCCNCc1cc(COc2ccc(CC)cc2)on1. The first-order valence-corrected chi connectivity index (χ1v) is 7.18. The number of hydrogen-bond donors (Lipinski definition) is 1. The molecule has 1 aromatic heterocycles. The summed E-state index contributed by atoms with van der Waals surface area (Å²) in [4.78, 5) is 0. The molecule has 2 aromatic rings. The third-order valence-corrected chi connectivity index (χ3v) is 3.05. The minimum atomic E-state index is 0.409. The van der Waals surface area contributed by atoms with Gasteiger partial charge in [-0.1, -0.05) is 31.1 Å². The molecule has 2 rings (SSSR count). The molecule has 4 heteroatoms.